The lowest BCUT2D eigenvalue weighted by Crippen LogP contribution is -2.37. The molecule has 0 rings (SSSR count). The minimum absolute atomic E-state index is 0.254. The first-order valence-corrected chi connectivity index (χ1v) is 3.16. The molecule has 0 radical (unpaired) electrons. The molecule has 0 aromatic carbocycles. The number of amides is 1. The van der Waals surface area contributed by atoms with Gasteiger partial charge < -0.3 is 15.5 Å². The second-order valence-corrected chi connectivity index (χ2v) is 2.18. The van der Waals surface area contributed by atoms with Crippen LogP contribution < -0.4 is 5.32 Å². The van der Waals surface area contributed by atoms with Gasteiger partial charge in [0.25, 0.3) is 0 Å². The first-order valence-electron chi connectivity index (χ1n) is 3.16. The fraction of sp³-hybridized carbons (Fsp3) is 0.667. The van der Waals surface area contributed by atoms with Crippen molar-refractivity contribution in [3.63, 3.8) is 0 Å². The van der Waals surface area contributed by atoms with Gasteiger partial charge in [0, 0.05) is 6.92 Å². The molecule has 0 fully saturated rings. The number of carboxylic acids is 1. The van der Waals surface area contributed by atoms with E-state index in [1.165, 1.54) is 6.92 Å². The predicted molar refractivity (Wildman–Crippen MR) is 36.9 cm³/mol. The molecule has 0 saturated heterocycles. The van der Waals surface area contributed by atoms with E-state index in [1.54, 1.807) is 0 Å². The molecular weight excluding hydrogens is 150 g/mol. The quantitative estimate of drug-likeness (QED) is 0.491. The van der Waals surface area contributed by atoms with Crippen LogP contribution in [0.5, 0.6) is 0 Å². The third-order valence-electron chi connectivity index (χ3n) is 1.05. The number of rotatable bonds is 4. The average molecular weight is 161 g/mol. The van der Waals surface area contributed by atoms with E-state index in [-0.39, 0.29) is 18.9 Å². The molecule has 1 atom stereocenters. The Morgan fingerprint density at radius 1 is 1.55 bits per heavy atom. The predicted octanol–water partition coefficient (Wildman–Crippen LogP) is -1.04. The van der Waals surface area contributed by atoms with Crippen LogP contribution in [0.25, 0.3) is 0 Å². The SMILES string of the molecule is CC(=O)NC(CO)CC(=O)O. The first-order chi connectivity index (χ1) is 5.06. The van der Waals surface area contributed by atoms with Gasteiger partial charge in [-0.25, -0.2) is 0 Å². The van der Waals surface area contributed by atoms with E-state index in [9.17, 15) is 9.59 Å². The van der Waals surface area contributed by atoms with Crippen LogP contribution in [-0.2, 0) is 9.59 Å². The Labute approximate surface area is 64.0 Å². The van der Waals surface area contributed by atoms with E-state index in [2.05, 4.69) is 5.32 Å². The van der Waals surface area contributed by atoms with Crippen molar-refractivity contribution in [2.24, 2.45) is 0 Å². The molecule has 3 N–H and O–H groups in total. The minimum Gasteiger partial charge on any atom is -0.481 e. The first kappa shape index (κ1) is 9.90. The van der Waals surface area contributed by atoms with Gasteiger partial charge in [-0.1, -0.05) is 0 Å². The highest BCUT2D eigenvalue weighted by molar-refractivity contribution is 5.74. The molecule has 11 heavy (non-hydrogen) atoms. The van der Waals surface area contributed by atoms with Crippen molar-refractivity contribution in [2.45, 2.75) is 19.4 Å². The average Bonchev–Trinajstić information content (AvgIpc) is 1.84. The standard InChI is InChI=1S/C6H11NO4/c1-4(9)7-5(3-8)2-6(10)11/h5,8H,2-3H2,1H3,(H,7,9)(H,10,11). The summed E-state index contributed by atoms with van der Waals surface area (Å²) >= 11 is 0. The Morgan fingerprint density at radius 3 is 2.36 bits per heavy atom. The van der Waals surface area contributed by atoms with Crippen molar-refractivity contribution in [1.82, 2.24) is 5.32 Å². The molecule has 5 heteroatoms. The molecule has 0 saturated carbocycles. The van der Waals surface area contributed by atoms with Crippen LogP contribution >= 0.6 is 0 Å². The maximum atomic E-state index is 10.4. The third-order valence-corrected chi connectivity index (χ3v) is 1.05. The normalized spacial score (nSPS) is 12.2. The highest BCUT2D eigenvalue weighted by atomic mass is 16.4. The fourth-order valence-corrected chi connectivity index (χ4v) is 0.659. The minimum atomic E-state index is -1.04. The fourth-order valence-electron chi connectivity index (χ4n) is 0.659. The highest BCUT2D eigenvalue weighted by Crippen LogP contribution is 1.89. The highest BCUT2D eigenvalue weighted by Gasteiger charge is 2.11. The van der Waals surface area contributed by atoms with Gasteiger partial charge in [-0.3, -0.25) is 9.59 Å². The summed E-state index contributed by atoms with van der Waals surface area (Å²) < 4.78 is 0. The van der Waals surface area contributed by atoms with Crippen LogP contribution in [0.15, 0.2) is 0 Å². The Morgan fingerprint density at radius 2 is 2.09 bits per heavy atom. The van der Waals surface area contributed by atoms with Crippen molar-refractivity contribution in [2.75, 3.05) is 6.61 Å². The second-order valence-electron chi connectivity index (χ2n) is 2.18. The Hall–Kier alpha value is -1.10. The lowest BCUT2D eigenvalue weighted by molar-refractivity contribution is -0.138. The summed E-state index contributed by atoms with van der Waals surface area (Å²) in [6.45, 7) is 0.913. The number of aliphatic hydroxyl groups is 1. The largest absolute Gasteiger partial charge is 0.481 e. The molecular formula is C6H11NO4. The number of carbonyl (C=O) groups is 2. The molecule has 0 aromatic heterocycles. The molecule has 64 valence electrons. The van der Waals surface area contributed by atoms with E-state index in [0.717, 1.165) is 0 Å². The zero-order valence-corrected chi connectivity index (χ0v) is 6.20. The summed E-state index contributed by atoms with van der Waals surface area (Å²) in [5.74, 6) is -1.39. The lowest BCUT2D eigenvalue weighted by Gasteiger charge is -2.11. The van der Waals surface area contributed by atoms with Gasteiger partial charge in [-0.15, -0.1) is 0 Å². The zero-order chi connectivity index (χ0) is 8.85. The van der Waals surface area contributed by atoms with Crippen molar-refractivity contribution in [3.05, 3.63) is 0 Å². The number of carbonyl (C=O) groups excluding carboxylic acids is 1. The number of nitrogens with one attached hydrogen (secondary N) is 1. The van der Waals surface area contributed by atoms with Crippen LogP contribution in [0, 0.1) is 0 Å². The summed E-state index contributed by atoms with van der Waals surface area (Å²) in [7, 11) is 0. The van der Waals surface area contributed by atoms with Crippen LogP contribution in [0.3, 0.4) is 0 Å². The third kappa shape index (κ3) is 5.35. The lowest BCUT2D eigenvalue weighted by atomic mass is 10.2. The molecule has 0 aliphatic carbocycles. The number of hydrogen-bond acceptors (Lipinski definition) is 3. The van der Waals surface area contributed by atoms with E-state index in [1.807, 2.05) is 0 Å². The summed E-state index contributed by atoms with van der Waals surface area (Å²) in [6.07, 6.45) is -0.254. The van der Waals surface area contributed by atoms with E-state index in [4.69, 9.17) is 10.2 Å². The number of hydrogen-bond donors (Lipinski definition) is 3. The smallest absolute Gasteiger partial charge is 0.305 e. The Balaban J connectivity index is 3.76. The van der Waals surface area contributed by atoms with Crippen LogP contribution in [0.2, 0.25) is 0 Å². The van der Waals surface area contributed by atoms with Gasteiger partial charge in [0.2, 0.25) is 5.91 Å². The zero-order valence-electron chi connectivity index (χ0n) is 6.20. The molecule has 0 spiro atoms. The van der Waals surface area contributed by atoms with Gasteiger partial charge in [-0.2, -0.15) is 0 Å². The van der Waals surface area contributed by atoms with E-state index >= 15 is 0 Å². The summed E-state index contributed by atoms with van der Waals surface area (Å²) in [5.41, 5.74) is 0. The van der Waals surface area contributed by atoms with Crippen molar-refractivity contribution < 1.29 is 19.8 Å². The Kier molecular flexibility index (Phi) is 4.21. The molecule has 0 aliphatic heterocycles. The summed E-state index contributed by atoms with van der Waals surface area (Å²) in [4.78, 5) is 20.5. The van der Waals surface area contributed by atoms with Gasteiger partial charge in [-0.05, 0) is 0 Å². The number of aliphatic carboxylic acids is 1. The van der Waals surface area contributed by atoms with Crippen molar-refractivity contribution >= 4 is 11.9 Å². The molecule has 0 bridgehead atoms. The molecule has 1 unspecified atom stereocenters. The van der Waals surface area contributed by atoms with Gasteiger partial charge in [0.15, 0.2) is 0 Å². The number of carboxylic acid groups (broad SMARTS) is 1. The van der Waals surface area contributed by atoms with Crippen LogP contribution in [0.4, 0.5) is 0 Å². The van der Waals surface area contributed by atoms with Crippen LogP contribution in [0.1, 0.15) is 13.3 Å². The van der Waals surface area contributed by atoms with Gasteiger partial charge in [0.05, 0.1) is 19.1 Å². The Bertz CT molecular complexity index is 141. The molecule has 0 aliphatic rings. The summed E-state index contributed by atoms with van der Waals surface area (Å²) in [5, 5.41) is 19.1. The molecule has 0 aromatic rings. The van der Waals surface area contributed by atoms with Crippen LogP contribution in [-0.4, -0.2) is 34.7 Å². The number of aliphatic hydroxyl groups excluding tert-OH is 1. The monoisotopic (exact) mass is 161 g/mol. The molecule has 1 amide bonds. The van der Waals surface area contributed by atoms with E-state index < -0.39 is 12.0 Å². The maximum absolute atomic E-state index is 10.4. The second kappa shape index (κ2) is 4.68. The molecule has 5 nitrogen and oxygen atoms in total. The van der Waals surface area contributed by atoms with E-state index in [0.29, 0.717) is 0 Å². The molecule has 0 heterocycles. The summed E-state index contributed by atoms with van der Waals surface area (Å²) in [6, 6.07) is -0.676. The van der Waals surface area contributed by atoms with Crippen molar-refractivity contribution in [1.29, 1.82) is 0 Å². The maximum Gasteiger partial charge on any atom is 0.305 e. The van der Waals surface area contributed by atoms with Crippen molar-refractivity contribution in [3.8, 4) is 0 Å². The van der Waals surface area contributed by atoms with Gasteiger partial charge in [0.1, 0.15) is 0 Å². The van der Waals surface area contributed by atoms with Gasteiger partial charge >= 0.3 is 5.97 Å². The topological polar surface area (TPSA) is 86.6 Å².